The molecule has 0 radical (unpaired) electrons. The number of amides is 3. The number of rotatable bonds is 15. The number of benzene rings is 3. The number of nitrogens with one attached hydrogen (secondary N) is 3. The second kappa shape index (κ2) is 20.0. The van der Waals surface area contributed by atoms with Crippen LogP contribution >= 0.6 is 0 Å². The number of carbonyl (C=O) groups excluding carboxylic acids is 3. The van der Waals surface area contributed by atoms with Crippen molar-refractivity contribution in [3.05, 3.63) is 95.1 Å². The lowest BCUT2D eigenvalue weighted by atomic mass is 9.75. The number of unbranched alkanes of at least 4 members (excludes halogenated alkanes) is 2. The molecule has 3 aromatic carbocycles. The van der Waals surface area contributed by atoms with Crippen molar-refractivity contribution in [2.75, 3.05) is 6.54 Å². The maximum atomic E-state index is 13.8. The van der Waals surface area contributed by atoms with Gasteiger partial charge in [-0.1, -0.05) is 86.0 Å². The van der Waals surface area contributed by atoms with E-state index in [-0.39, 0.29) is 48.6 Å². The number of aliphatic hydroxyl groups excluding tert-OH is 1. The van der Waals surface area contributed by atoms with Crippen LogP contribution < -0.4 is 16.1 Å². The number of likely N-dealkylation sites (tertiary alicyclic amines) is 1. The first-order chi connectivity index (χ1) is 27.5. The first kappa shape index (κ1) is 42.5. The van der Waals surface area contributed by atoms with Crippen molar-refractivity contribution >= 4 is 17.7 Å². The van der Waals surface area contributed by atoms with Crippen LogP contribution in [0.5, 0.6) is 0 Å². The van der Waals surface area contributed by atoms with E-state index in [4.69, 9.17) is 14.7 Å². The summed E-state index contributed by atoms with van der Waals surface area (Å²) in [5, 5.41) is 24.6. The highest BCUT2D eigenvalue weighted by atomic mass is 16.7. The molecule has 2 aliphatic heterocycles. The largest absolute Gasteiger partial charge is 0.392 e. The minimum Gasteiger partial charge on any atom is -0.392 e. The molecule has 0 bridgehead atoms. The van der Waals surface area contributed by atoms with Gasteiger partial charge in [0.25, 0.3) is 0 Å². The zero-order chi connectivity index (χ0) is 40.4. The van der Waals surface area contributed by atoms with Gasteiger partial charge in [0.1, 0.15) is 0 Å². The van der Waals surface area contributed by atoms with Crippen molar-refractivity contribution in [1.82, 2.24) is 21.0 Å². The number of hydrogen-bond acceptors (Lipinski definition) is 8. The predicted molar refractivity (Wildman–Crippen MR) is 219 cm³/mol. The van der Waals surface area contributed by atoms with Crippen molar-refractivity contribution in [3.63, 3.8) is 0 Å². The van der Waals surface area contributed by atoms with E-state index in [1.165, 1.54) is 19.3 Å². The molecule has 57 heavy (non-hydrogen) atoms. The lowest BCUT2D eigenvalue weighted by Crippen LogP contribution is -2.61. The summed E-state index contributed by atoms with van der Waals surface area (Å²) in [5.41, 5.74) is 7.18. The van der Waals surface area contributed by atoms with E-state index < -0.39 is 12.2 Å². The third-order valence-corrected chi connectivity index (χ3v) is 11.7. The van der Waals surface area contributed by atoms with Gasteiger partial charge >= 0.3 is 0 Å². The molecule has 3 aliphatic rings. The Morgan fingerprint density at radius 1 is 0.789 bits per heavy atom. The second-order valence-electron chi connectivity index (χ2n) is 17.2. The molecule has 3 aromatic rings. The quantitative estimate of drug-likeness (QED) is 0.0609. The molecular formula is C46H62N4O7. The molecular weight excluding hydrogens is 721 g/mol. The molecule has 6 rings (SSSR count). The van der Waals surface area contributed by atoms with Crippen molar-refractivity contribution in [2.24, 2.45) is 5.92 Å². The average Bonchev–Trinajstić information content (AvgIpc) is 3.22. The predicted octanol–water partition coefficient (Wildman–Crippen LogP) is 7.40. The van der Waals surface area contributed by atoms with Gasteiger partial charge in [0.05, 0.1) is 24.9 Å². The Balaban J connectivity index is 1.15. The molecule has 0 unspecified atom stereocenters. The van der Waals surface area contributed by atoms with E-state index in [2.05, 4.69) is 51.9 Å². The lowest BCUT2D eigenvalue weighted by molar-refractivity contribution is -0.255. The van der Waals surface area contributed by atoms with Gasteiger partial charge in [0.2, 0.25) is 17.7 Å². The summed E-state index contributed by atoms with van der Waals surface area (Å²) in [6.07, 6.45) is 9.00. The number of carbonyl (C=O) groups is 3. The smallest absolute Gasteiger partial charge is 0.243 e. The van der Waals surface area contributed by atoms with Crippen LogP contribution in [0.1, 0.15) is 132 Å². The summed E-state index contributed by atoms with van der Waals surface area (Å²) in [6.45, 7) is 7.18. The first-order valence-electron chi connectivity index (χ1n) is 21.0. The van der Waals surface area contributed by atoms with Crippen molar-refractivity contribution in [2.45, 2.75) is 147 Å². The van der Waals surface area contributed by atoms with Crippen LogP contribution in [0.4, 0.5) is 0 Å². The maximum absolute atomic E-state index is 13.8. The average molecular weight is 783 g/mol. The van der Waals surface area contributed by atoms with Crippen LogP contribution in [-0.2, 0) is 37.0 Å². The van der Waals surface area contributed by atoms with Crippen LogP contribution in [0.15, 0.2) is 72.8 Å². The van der Waals surface area contributed by atoms with Crippen LogP contribution in [-0.4, -0.2) is 63.2 Å². The topological polar surface area (TPSA) is 149 Å². The molecule has 1 aliphatic carbocycles. The minimum absolute atomic E-state index is 0.0178. The maximum Gasteiger partial charge on any atom is 0.243 e. The molecule has 5 N–H and O–H groups in total. The summed E-state index contributed by atoms with van der Waals surface area (Å²) in [6, 6.07) is 24.5. The molecule has 3 amide bonds. The van der Waals surface area contributed by atoms with Gasteiger partial charge in [-0.3, -0.25) is 24.5 Å². The highest BCUT2D eigenvalue weighted by Gasteiger charge is 2.44. The standard InChI is InChI=1S/C46H62N4O7/c1-46(2,3)48-44(54)40-25-24-34-11-7-8-13-39(34)50(40)29-38-27-41(35-18-16-31(30-51)17-19-35)57-45(56-38)36-22-20-33(21-23-36)37-12-9-10-32(26-37)28-47-42(52)14-5-4-6-15-43(53)49-55/h9-10,12,16-23,26,34,38-41,45,51,55H,4-8,11,13-15,24-25,27-30H2,1-3H3,(H,47,52)(H,48,54)(H,49,53)/t34-,38+,39-,40-,41-,45-/m1/s1. The molecule has 1 saturated carbocycles. The van der Waals surface area contributed by atoms with Gasteiger partial charge in [-0.05, 0) is 99.1 Å². The zero-order valence-corrected chi connectivity index (χ0v) is 33.9. The third kappa shape index (κ3) is 12.0. The summed E-state index contributed by atoms with van der Waals surface area (Å²) in [4.78, 5) is 39.9. The number of aliphatic hydroxyl groups is 1. The van der Waals surface area contributed by atoms with Gasteiger partial charge in [-0.25, -0.2) is 5.48 Å². The normalized spacial score (nSPS) is 23.9. The molecule has 2 heterocycles. The Labute approximate surface area is 337 Å². The van der Waals surface area contributed by atoms with E-state index >= 15 is 0 Å². The van der Waals surface area contributed by atoms with Crippen LogP contribution in [0.2, 0.25) is 0 Å². The fourth-order valence-electron chi connectivity index (χ4n) is 8.78. The van der Waals surface area contributed by atoms with Crippen molar-refractivity contribution in [3.8, 4) is 11.1 Å². The van der Waals surface area contributed by atoms with Gasteiger partial charge in [-0.15, -0.1) is 0 Å². The SMILES string of the molecule is CC(C)(C)NC(=O)[C@H]1CC[C@H]2CCCC[C@H]2N1C[C@@H]1C[C@H](c2ccc(CO)cc2)O[C@H](c2ccc(-c3cccc(CNC(=O)CCCCCC(=O)NO)c3)cc2)O1. The minimum atomic E-state index is -0.609. The Hall–Kier alpha value is -4.13. The third-order valence-electron chi connectivity index (χ3n) is 11.7. The van der Waals surface area contributed by atoms with Crippen molar-refractivity contribution in [1.29, 1.82) is 0 Å². The Kier molecular flexibility index (Phi) is 14.9. The van der Waals surface area contributed by atoms with Crippen LogP contribution in [0.25, 0.3) is 11.1 Å². The number of hydroxylamine groups is 1. The van der Waals surface area contributed by atoms with Gasteiger partial charge in [-0.2, -0.15) is 0 Å². The van der Waals surface area contributed by atoms with Crippen LogP contribution in [0, 0.1) is 5.92 Å². The number of nitrogens with zero attached hydrogens (tertiary/aromatic N) is 1. The highest BCUT2D eigenvalue weighted by molar-refractivity contribution is 5.82. The Bertz CT molecular complexity index is 1780. The van der Waals surface area contributed by atoms with Gasteiger partial charge < -0.3 is 25.2 Å². The monoisotopic (exact) mass is 782 g/mol. The summed E-state index contributed by atoms with van der Waals surface area (Å²) in [5.74, 6) is 0.258. The van der Waals surface area contributed by atoms with E-state index in [0.29, 0.717) is 50.7 Å². The molecule has 3 fully saturated rings. The molecule has 308 valence electrons. The van der Waals surface area contributed by atoms with E-state index in [0.717, 1.165) is 59.1 Å². The number of fused-ring (bicyclic) bond motifs is 1. The molecule has 6 atom stereocenters. The number of hydrogen-bond donors (Lipinski definition) is 5. The summed E-state index contributed by atoms with van der Waals surface area (Å²) >= 11 is 0. The molecule has 11 heteroatoms. The highest BCUT2D eigenvalue weighted by Crippen LogP contribution is 2.42. The summed E-state index contributed by atoms with van der Waals surface area (Å²) < 4.78 is 13.6. The number of ether oxygens (including phenoxy) is 2. The van der Waals surface area contributed by atoms with E-state index in [9.17, 15) is 19.5 Å². The second-order valence-corrected chi connectivity index (χ2v) is 17.2. The fraction of sp³-hybridized carbons (Fsp3) is 0.543. The van der Waals surface area contributed by atoms with Crippen molar-refractivity contribution < 1.29 is 34.2 Å². The zero-order valence-electron chi connectivity index (χ0n) is 33.9. The Morgan fingerprint density at radius 2 is 1.51 bits per heavy atom. The van der Waals surface area contributed by atoms with Crippen LogP contribution in [0.3, 0.4) is 0 Å². The Morgan fingerprint density at radius 3 is 2.23 bits per heavy atom. The first-order valence-corrected chi connectivity index (χ1v) is 21.0. The fourth-order valence-corrected chi connectivity index (χ4v) is 8.78. The van der Waals surface area contributed by atoms with Gasteiger partial charge in [0, 0.05) is 49.5 Å². The van der Waals surface area contributed by atoms with Gasteiger partial charge in [0.15, 0.2) is 6.29 Å². The van der Waals surface area contributed by atoms with E-state index in [1.807, 2.05) is 57.2 Å². The molecule has 0 aromatic heterocycles. The molecule has 11 nitrogen and oxygen atoms in total. The lowest BCUT2D eigenvalue weighted by Gasteiger charge is -2.50. The summed E-state index contributed by atoms with van der Waals surface area (Å²) in [7, 11) is 0. The molecule has 0 spiro atoms. The molecule has 2 saturated heterocycles. The number of piperidine rings is 1. The van der Waals surface area contributed by atoms with E-state index in [1.54, 1.807) is 5.48 Å².